The van der Waals surface area contributed by atoms with Gasteiger partial charge < -0.3 is 4.90 Å². The molecule has 4 saturated carbocycles. The minimum absolute atomic E-state index is 0.188. The van der Waals surface area contributed by atoms with E-state index >= 15 is 0 Å². The molecular formula is C28H41NO. The molecule has 0 spiro atoms. The minimum Gasteiger partial charge on any atom is -0.341 e. The van der Waals surface area contributed by atoms with Crippen LogP contribution in [-0.2, 0) is 0 Å². The standard InChI is InChI=1S/C28H41NO/c1-19-9-12-23-21(17-19)10-13-25-24(23)15-16-28(2)22(11-14-26(25)28)18-29(3)27(30)20-7-5-4-6-8-20/h4-8,19,21-26H,9-18H2,1-3H3. The number of carbonyl (C=O) groups is 1. The van der Waals surface area contributed by atoms with E-state index in [0.29, 0.717) is 11.3 Å². The number of rotatable bonds is 3. The molecule has 4 aliphatic rings. The van der Waals surface area contributed by atoms with E-state index in [4.69, 9.17) is 0 Å². The first kappa shape index (κ1) is 20.6. The summed E-state index contributed by atoms with van der Waals surface area (Å²) in [4.78, 5) is 14.9. The van der Waals surface area contributed by atoms with Gasteiger partial charge in [0.05, 0.1) is 0 Å². The van der Waals surface area contributed by atoms with Gasteiger partial charge in [-0.05, 0) is 110 Å². The second-order valence-corrected chi connectivity index (χ2v) is 11.7. The van der Waals surface area contributed by atoms with Crippen LogP contribution < -0.4 is 0 Å². The zero-order valence-corrected chi connectivity index (χ0v) is 19.4. The van der Waals surface area contributed by atoms with Gasteiger partial charge in [0.15, 0.2) is 0 Å². The summed E-state index contributed by atoms with van der Waals surface area (Å²) < 4.78 is 0. The quantitative estimate of drug-likeness (QED) is 0.548. The van der Waals surface area contributed by atoms with Gasteiger partial charge in [0.1, 0.15) is 0 Å². The predicted octanol–water partition coefficient (Wildman–Crippen LogP) is 6.66. The highest BCUT2D eigenvalue weighted by Crippen LogP contribution is 2.64. The molecule has 0 saturated heterocycles. The smallest absolute Gasteiger partial charge is 0.253 e. The summed E-state index contributed by atoms with van der Waals surface area (Å²) in [5.74, 6) is 6.78. The first-order chi connectivity index (χ1) is 14.5. The molecule has 4 fully saturated rings. The molecule has 0 radical (unpaired) electrons. The molecular weight excluding hydrogens is 366 g/mol. The summed E-state index contributed by atoms with van der Waals surface area (Å²) in [6, 6.07) is 9.83. The molecule has 0 N–H and O–H groups in total. The molecule has 1 aromatic rings. The number of amides is 1. The van der Waals surface area contributed by atoms with Crippen LogP contribution in [0.15, 0.2) is 30.3 Å². The molecule has 0 heterocycles. The Morgan fingerprint density at radius 2 is 1.73 bits per heavy atom. The lowest BCUT2D eigenvalue weighted by molar-refractivity contribution is -0.0687. The van der Waals surface area contributed by atoms with E-state index in [1.54, 1.807) is 0 Å². The van der Waals surface area contributed by atoms with Gasteiger partial charge in [-0.25, -0.2) is 0 Å². The van der Waals surface area contributed by atoms with Gasteiger partial charge in [-0.3, -0.25) is 4.79 Å². The highest BCUT2D eigenvalue weighted by atomic mass is 16.2. The first-order valence-corrected chi connectivity index (χ1v) is 12.8. The summed E-state index contributed by atoms with van der Waals surface area (Å²) in [5, 5.41) is 0. The highest BCUT2D eigenvalue weighted by Gasteiger charge is 2.56. The molecule has 5 rings (SSSR count). The van der Waals surface area contributed by atoms with Gasteiger partial charge in [-0.1, -0.05) is 38.5 Å². The van der Waals surface area contributed by atoms with Crippen molar-refractivity contribution in [3.05, 3.63) is 35.9 Å². The van der Waals surface area contributed by atoms with Crippen molar-refractivity contribution < 1.29 is 4.79 Å². The van der Waals surface area contributed by atoms with Crippen LogP contribution in [0, 0.1) is 46.8 Å². The maximum atomic E-state index is 12.9. The van der Waals surface area contributed by atoms with Crippen LogP contribution in [-0.4, -0.2) is 24.4 Å². The third-order valence-corrected chi connectivity index (χ3v) is 10.3. The molecule has 30 heavy (non-hydrogen) atoms. The summed E-state index contributed by atoms with van der Waals surface area (Å²) in [6.45, 7) is 6.01. The van der Waals surface area contributed by atoms with Crippen molar-refractivity contribution in [1.29, 1.82) is 0 Å². The second kappa shape index (κ2) is 7.99. The fourth-order valence-electron chi connectivity index (χ4n) is 8.71. The summed E-state index contributed by atoms with van der Waals surface area (Å²) in [5.41, 5.74) is 1.27. The third-order valence-electron chi connectivity index (χ3n) is 10.3. The van der Waals surface area contributed by atoms with E-state index in [0.717, 1.165) is 47.6 Å². The fourth-order valence-corrected chi connectivity index (χ4v) is 8.71. The van der Waals surface area contributed by atoms with Crippen LogP contribution >= 0.6 is 0 Å². The Morgan fingerprint density at radius 1 is 0.967 bits per heavy atom. The number of benzene rings is 1. The fraction of sp³-hybridized carbons (Fsp3) is 0.750. The lowest BCUT2D eigenvalue weighted by Crippen LogP contribution is -2.49. The second-order valence-electron chi connectivity index (χ2n) is 11.7. The molecule has 0 aromatic heterocycles. The van der Waals surface area contributed by atoms with Crippen molar-refractivity contribution in [3.63, 3.8) is 0 Å². The van der Waals surface area contributed by atoms with Crippen molar-refractivity contribution in [2.75, 3.05) is 13.6 Å². The maximum absolute atomic E-state index is 12.9. The summed E-state index contributed by atoms with van der Waals surface area (Å²) in [6.07, 6.45) is 13.1. The van der Waals surface area contributed by atoms with Gasteiger partial charge in [-0.15, -0.1) is 0 Å². The van der Waals surface area contributed by atoms with E-state index in [1.807, 2.05) is 42.3 Å². The van der Waals surface area contributed by atoms with Crippen molar-refractivity contribution >= 4 is 5.91 Å². The molecule has 8 atom stereocenters. The first-order valence-electron chi connectivity index (χ1n) is 12.8. The van der Waals surface area contributed by atoms with Gasteiger partial charge in [-0.2, -0.15) is 0 Å². The maximum Gasteiger partial charge on any atom is 0.253 e. The van der Waals surface area contributed by atoms with Crippen LogP contribution in [0.5, 0.6) is 0 Å². The van der Waals surface area contributed by atoms with Crippen LogP contribution in [0.3, 0.4) is 0 Å². The number of hydrogen-bond donors (Lipinski definition) is 0. The number of nitrogens with zero attached hydrogens (tertiary/aromatic N) is 1. The molecule has 1 aromatic carbocycles. The van der Waals surface area contributed by atoms with E-state index in [2.05, 4.69) is 13.8 Å². The molecule has 8 unspecified atom stereocenters. The Hall–Kier alpha value is -1.31. The van der Waals surface area contributed by atoms with Gasteiger partial charge >= 0.3 is 0 Å². The number of hydrogen-bond acceptors (Lipinski definition) is 1. The largest absolute Gasteiger partial charge is 0.341 e. The van der Waals surface area contributed by atoms with Crippen molar-refractivity contribution in [2.24, 2.45) is 46.8 Å². The van der Waals surface area contributed by atoms with Gasteiger partial charge in [0.2, 0.25) is 0 Å². The average molecular weight is 408 g/mol. The number of fused-ring (bicyclic) bond motifs is 5. The summed E-state index contributed by atoms with van der Waals surface area (Å²) in [7, 11) is 2.02. The monoisotopic (exact) mass is 407 g/mol. The molecule has 2 nitrogen and oxygen atoms in total. The van der Waals surface area contributed by atoms with Crippen LogP contribution in [0.25, 0.3) is 0 Å². The van der Waals surface area contributed by atoms with Crippen molar-refractivity contribution in [3.8, 4) is 0 Å². The van der Waals surface area contributed by atoms with Gasteiger partial charge in [0, 0.05) is 19.2 Å². The normalized spacial score (nSPS) is 42.7. The minimum atomic E-state index is 0.188. The predicted molar refractivity (Wildman–Crippen MR) is 123 cm³/mol. The highest BCUT2D eigenvalue weighted by molar-refractivity contribution is 5.93. The Kier molecular flexibility index (Phi) is 5.48. The van der Waals surface area contributed by atoms with Crippen LogP contribution in [0.4, 0.5) is 0 Å². The molecule has 2 heteroatoms. The Balaban J connectivity index is 1.28. The van der Waals surface area contributed by atoms with E-state index in [1.165, 1.54) is 57.8 Å². The van der Waals surface area contributed by atoms with Crippen molar-refractivity contribution in [2.45, 2.75) is 71.6 Å². The molecule has 0 bridgehead atoms. The molecule has 4 aliphatic carbocycles. The van der Waals surface area contributed by atoms with E-state index in [-0.39, 0.29) is 5.91 Å². The number of carbonyl (C=O) groups excluding carboxylic acids is 1. The van der Waals surface area contributed by atoms with Crippen LogP contribution in [0.1, 0.15) is 82.0 Å². The Labute approximate surface area is 183 Å². The molecule has 0 aliphatic heterocycles. The van der Waals surface area contributed by atoms with Gasteiger partial charge in [0.25, 0.3) is 5.91 Å². The van der Waals surface area contributed by atoms with Crippen molar-refractivity contribution in [1.82, 2.24) is 4.90 Å². The Bertz CT molecular complexity index is 759. The SMILES string of the molecule is CC1CCC2C(CCC3C2CCC2(C)C(CN(C)C(=O)c4ccccc4)CCC32)C1. The van der Waals surface area contributed by atoms with Crippen LogP contribution in [0.2, 0.25) is 0 Å². The van der Waals surface area contributed by atoms with E-state index < -0.39 is 0 Å². The third kappa shape index (κ3) is 3.43. The molecule has 164 valence electrons. The zero-order chi connectivity index (χ0) is 20.9. The Morgan fingerprint density at radius 3 is 2.53 bits per heavy atom. The zero-order valence-electron chi connectivity index (χ0n) is 19.4. The summed E-state index contributed by atoms with van der Waals surface area (Å²) >= 11 is 0. The van der Waals surface area contributed by atoms with E-state index in [9.17, 15) is 4.79 Å². The molecule has 1 amide bonds. The average Bonchev–Trinajstić information content (AvgIpc) is 3.09. The lowest BCUT2D eigenvalue weighted by Gasteiger charge is -2.56. The lowest BCUT2D eigenvalue weighted by atomic mass is 9.49. The topological polar surface area (TPSA) is 20.3 Å².